The maximum atomic E-state index is 13.7. The minimum atomic E-state index is -2.67. The Morgan fingerprint density at radius 1 is 1.47 bits per heavy atom. The van der Waals surface area contributed by atoms with Crippen LogP contribution in [0.2, 0.25) is 0 Å². The fourth-order valence-electron chi connectivity index (χ4n) is 3.22. The van der Waals surface area contributed by atoms with Crippen LogP contribution >= 0.6 is 0 Å². The first kappa shape index (κ1) is 13.0. The van der Waals surface area contributed by atoms with Crippen LogP contribution in [0.1, 0.15) is 12.8 Å². The minimum Gasteiger partial charge on any atom is -0.460 e. The smallest absolute Gasteiger partial charge is 0.326 e. The van der Waals surface area contributed by atoms with Crippen LogP contribution < -0.4 is 5.32 Å². The van der Waals surface area contributed by atoms with Crippen LogP contribution in [-0.2, 0) is 9.53 Å². The van der Waals surface area contributed by atoms with Crippen molar-refractivity contribution in [2.75, 3.05) is 26.2 Å². The predicted molar refractivity (Wildman–Crippen MR) is 64.9 cm³/mol. The molecule has 2 aliphatic heterocycles. The summed E-state index contributed by atoms with van der Waals surface area (Å²) in [6.45, 7) is 4.20. The molecule has 0 unspecified atom stereocenters. The SMILES string of the molecule is C=CCOC(=O)C1(N2C[C@@H]3NCC(F)(F)[C@@H]3C2)CC1. The number of hydrogen-bond acceptors (Lipinski definition) is 4. The van der Waals surface area contributed by atoms with E-state index in [0.717, 1.165) is 0 Å². The second kappa shape index (κ2) is 4.24. The van der Waals surface area contributed by atoms with Crippen molar-refractivity contribution >= 4 is 5.97 Å². The summed E-state index contributed by atoms with van der Waals surface area (Å²) in [6, 6.07) is -0.209. The maximum Gasteiger partial charge on any atom is 0.326 e. The van der Waals surface area contributed by atoms with Crippen molar-refractivity contribution < 1.29 is 18.3 Å². The van der Waals surface area contributed by atoms with E-state index in [-0.39, 0.29) is 31.7 Å². The number of fused-ring (bicyclic) bond motifs is 1. The highest BCUT2D eigenvalue weighted by Gasteiger charge is 2.63. The predicted octanol–water partition coefficient (Wildman–Crippen LogP) is 0.787. The second-order valence-corrected chi connectivity index (χ2v) is 5.68. The lowest BCUT2D eigenvalue weighted by Gasteiger charge is -2.27. The molecule has 0 aromatic carbocycles. The molecule has 1 N–H and O–H groups in total. The molecule has 1 aliphatic carbocycles. The third-order valence-corrected chi connectivity index (χ3v) is 4.50. The summed E-state index contributed by atoms with van der Waals surface area (Å²) in [6.07, 6.45) is 2.92. The molecular formula is C13H18F2N2O2. The molecule has 1 saturated carbocycles. The van der Waals surface area contributed by atoms with Crippen molar-refractivity contribution in [3.05, 3.63) is 12.7 Å². The Hall–Kier alpha value is -1.01. The molecule has 0 bridgehead atoms. The Balaban J connectivity index is 1.68. The quantitative estimate of drug-likeness (QED) is 0.607. The molecule has 3 aliphatic rings. The monoisotopic (exact) mass is 272 g/mol. The normalized spacial score (nSPS) is 34.8. The first-order chi connectivity index (χ1) is 8.99. The van der Waals surface area contributed by atoms with Gasteiger partial charge in [-0.15, -0.1) is 0 Å². The maximum absolute atomic E-state index is 13.7. The van der Waals surface area contributed by atoms with Crippen LogP contribution in [0.25, 0.3) is 0 Å². The first-order valence-corrected chi connectivity index (χ1v) is 6.64. The van der Waals surface area contributed by atoms with Crippen molar-refractivity contribution in [2.45, 2.75) is 30.3 Å². The van der Waals surface area contributed by atoms with Crippen LogP contribution in [0.5, 0.6) is 0 Å². The number of carbonyl (C=O) groups excluding carboxylic acids is 1. The van der Waals surface area contributed by atoms with Crippen molar-refractivity contribution in [2.24, 2.45) is 5.92 Å². The average Bonchev–Trinajstić information content (AvgIpc) is 2.98. The largest absolute Gasteiger partial charge is 0.460 e. The highest BCUT2D eigenvalue weighted by molar-refractivity contribution is 5.84. The molecule has 106 valence electrons. The molecule has 3 rings (SSSR count). The molecule has 0 spiro atoms. The first-order valence-electron chi connectivity index (χ1n) is 6.64. The lowest BCUT2D eigenvalue weighted by Crippen LogP contribution is -2.46. The Bertz CT molecular complexity index is 409. The Morgan fingerprint density at radius 2 is 2.21 bits per heavy atom. The summed E-state index contributed by atoms with van der Waals surface area (Å²) in [4.78, 5) is 13.9. The van der Waals surface area contributed by atoms with E-state index in [2.05, 4.69) is 11.9 Å². The van der Waals surface area contributed by atoms with E-state index < -0.39 is 17.4 Å². The van der Waals surface area contributed by atoms with Gasteiger partial charge in [-0.3, -0.25) is 9.69 Å². The van der Waals surface area contributed by atoms with Crippen LogP contribution in [0.3, 0.4) is 0 Å². The van der Waals surface area contributed by atoms with Gasteiger partial charge in [0, 0.05) is 19.1 Å². The summed E-state index contributed by atoms with van der Waals surface area (Å²) in [5.41, 5.74) is -0.648. The standard InChI is InChI=1S/C13H18F2N2O2/c1-2-5-19-11(18)12(3-4-12)17-6-9-10(7-17)16-8-13(9,14)15/h2,9-10,16H,1,3-8H2/t9-,10+/m1/s1. The van der Waals surface area contributed by atoms with Gasteiger partial charge in [-0.1, -0.05) is 12.7 Å². The molecule has 4 nitrogen and oxygen atoms in total. The van der Waals surface area contributed by atoms with Crippen LogP contribution in [0.4, 0.5) is 8.78 Å². The third-order valence-electron chi connectivity index (χ3n) is 4.50. The Labute approximate surface area is 110 Å². The lowest BCUT2D eigenvalue weighted by atomic mass is 10.0. The number of halogens is 2. The Morgan fingerprint density at radius 3 is 2.79 bits per heavy atom. The fraction of sp³-hybridized carbons (Fsp3) is 0.769. The van der Waals surface area contributed by atoms with Crippen molar-refractivity contribution in [3.8, 4) is 0 Å². The van der Waals surface area contributed by atoms with Gasteiger partial charge in [-0.05, 0) is 12.8 Å². The van der Waals surface area contributed by atoms with Crippen LogP contribution in [0.15, 0.2) is 12.7 Å². The number of hydrogen-bond donors (Lipinski definition) is 1. The molecule has 19 heavy (non-hydrogen) atoms. The number of ether oxygens (including phenoxy) is 1. The molecule has 2 saturated heterocycles. The van der Waals surface area contributed by atoms with Crippen LogP contribution in [-0.4, -0.2) is 54.6 Å². The second-order valence-electron chi connectivity index (χ2n) is 5.68. The summed E-state index contributed by atoms with van der Waals surface area (Å²) in [5, 5.41) is 2.86. The third kappa shape index (κ3) is 1.97. The van der Waals surface area contributed by atoms with E-state index in [1.54, 1.807) is 0 Å². The summed E-state index contributed by atoms with van der Waals surface area (Å²) in [7, 11) is 0. The van der Waals surface area contributed by atoms with Crippen molar-refractivity contribution in [3.63, 3.8) is 0 Å². The number of rotatable bonds is 4. The molecule has 0 radical (unpaired) electrons. The van der Waals surface area contributed by atoms with Crippen molar-refractivity contribution in [1.82, 2.24) is 10.2 Å². The zero-order valence-electron chi connectivity index (χ0n) is 10.7. The van der Waals surface area contributed by atoms with Gasteiger partial charge in [-0.25, -0.2) is 8.78 Å². The van der Waals surface area contributed by atoms with Gasteiger partial charge in [0.05, 0.1) is 12.5 Å². The van der Waals surface area contributed by atoms with E-state index in [0.29, 0.717) is 19.4 Å². The van der Waals surface area contributed by atoms with Gasteiger partial charge in [0.1, 0.15) is 12.1 Å². The molecule has 3 fully saturated rings. The van der Waals surface area contributed by atoms with E-state index in [4.69, 9.17) is 4.74 Å². The Kier molecular flexibility index (Phi) is 2.90. The van der Waals surface area contributed by atoms with Gasteiger partial charge in [0.2, 0.25) is 0 Å². The van der Waals surface area contributed by atoms with Crippen molar-refractivity contribution in [1.29, 1.82) is 0 Å². The number of likely N-dealkylation sites (tertiary alicyclic amines) is 1. The molecule has 0 amide bonds. The molecule has 0 aromatic heterocycles. The van der Waals surface area contributed by atoms with Gasteiger partial charge < -0.3 is 10.1 Å². The number of esters is 1. The topological polar surface area (TPSA) is 41.6 Å². The molecule has 2 heterocycles. The molecule has 0 aromatic rings. The van der Waals surface area contributed by atoms with Crippen LogP contribution in [0, 0.1) is 5.92 Å². The highest BCUT2D eigenvalue weighted by atomic mass is 19.3. The highest BCUT2D eigenvalue weighted by Crippen LogP contribution is 2.48. The number of carbonyl (C=O) groups is 1. The van der Waals surface area contributed by atoms with E-state index in [1.165, 1.54) is 6.08 Å². The number of nitrogens with zero attached hydrogens (tertiary/aromatic N) is 1. The number of alkyl halides is 2. The summed E-state index contributed by atoms with van der Waals surface area (Å²) in [5.74, 6) is -3.64. The van der Waals surface area contributed by atoms with E-state index >= 15 is 0 Å². The number of nitrogens with one attached hydrogen (secondary N) is 1. The molecule has 6 heteroatoms. The summed E-state index contributed by atoms with van der Waals surface area (Å²) < 4.78 is 32.4. The fourth-order valence-corrected chi connectivity index (χ4v) is 3.22. The zero-order valence-corrected chi connectivity index (χ0v) is 10.7. The zero-order chi connectivity index (χ0) is 13.7. The molecular weight excluding hydrogens is 254 g/mol. The lowest BCUT2D eigenvalue weighted by molar-refractivity contribution is -0.150. The van der Waals surface area contributed by atoms with Gasteiger partial charge in [0.25, 0.3) is 5.92 Å². The molecule has 2 atom stereocenters. The summed E-state index contributed by atoms with van der Waals surface area (Å²) >= 11 is 0. The van der Waals surface area contributed by atoms with E-state index in [9.17, 15) is 13.6 Å². The van der Waals surface area contributed by atoms with Gasteiger partial charge >= 0.3 is 5.97 Å². The average molecular weight is 272 g/mol. The van der Waals surface area contributed by atoms with Gasteiger partial charge in [-0.2, -0.15) is 0 Å². The van der Waals surface area contributed by atoms with E-state index in [1.807, 2.05) is 4.90 Å². The van der Waals surface area contributed by atoms with Gasteiger partial charge in [0.15, 0.2) is 0 Å². The minimum absolute atomic E-state index is 0.176.